The lowest BCUT2D eigenvalue weighted by Crippen LogP contribution is -2.51. The molecule has 0 unspecified atom stereocenters. The molecule has 8 heteroatoms. The van der Waals surface area contributed by atoms with Crippen molar-refractivity contribution in [2.75, 3.05) is 18.5 Å². The Hall–Kier alpha value is -1.31. The Morgan fingerprint density at radius 3 is 2.50 bits per heavy atom. The third-order valence-electron chi connectivity index (χ3n) is 2.39. The van der Waals surface area contributed by atoms with Crippen LogP contribution in [0.2, 0.25) is 5.02 Å². The first-order valence-electron chi connectivity index (χ1n) is 5.82. The van der Waals surface area contributed by atoms with Gasteiger partial charge in [-0.2, -0.15) is 0 Å². The van der Waals surface area contributed by atoms with Crippen LogP contribution < -0.4 is 15.8 Å². The lowest BCUT2D eigenvalue weighted by molar-refractivity contribution is 0.0944. The molecule has 0 spiro atoms. The molecule has 0 bridgehead atoms. The van der Waals surface area contributed by atoms with Gasteiger partial charge in [0.2, 0.25) is 10.0 Å². The van der Waals surface area contributed by atoms with E-state index in [-0.39, 0.29) is 17.1 Å². The van der Waals surface area contributed by atoms with Gasteiger partial charge in [0.05, 0.1) is 16.8 Å². The molecule has 4 N–H and O–H groups in total. The summed E-state index contributed by atoms with van der Waals surface area (Å²) in [6, 6.07) is 4.57. The summed E-state index contributed by atoms with van der Waals surface area (Å²) in [6.45, 7) is 3.46. The van der Waals surface area contributed by atoms with Gasteiger partial charge in [-0.25, -0.2) is 13.1 Å². The molecule has 0 aliphatic rings. The second-order valence-electron chi connectivity index (χ2n) is 5.18. The van der Waals surface area contributed by atoms with E-state index in [1.165, 1.54) is 12.1 Å². The van der Waals surface area contributed by atoms with Crippen LogP contribution in [0.25, 0.3) is 0 Å². The average Bonchev–Trinajstić information content (AvgIpc) is 2.22. The minimum Gasteiger partial charge on any atom is -0.399 e. The summed E-state index contributed by atoms with van der Waals surface area (Å²) in [5.41, 5.74) is 5.50. The second-order valence-corrected chi connectivity index (χ2v) is 7.34. The van der Waals surface area contributed by atoms with Gasteiger partial charge in [0.25, 0.3) is 5.91 Å². The molecule has 0 fully saturated rings. The van der Waals surface area contributed by atoms with Gasteiger partial charge in [0.1, 0.15) is 0 Å². The maximum atomic E-state index is 12.0. The molecule has 0 radical (unpaired) electrons. The van der Waals surface area contributed by atoms with Crippen molar-refractivity contribution in [3.8, 4) is 0 Å². The number of nitrogens with one attached hydrogen (secondary N) is 2. The van der Waals surface area contributed by atoms with Crippen LogP contribution in [0.4, 0.5) is 5.69 Å². The second kappa shape index (κ2) is 5.99. The number of hydrogen-bond donors (Lipinski definition) is 3. The summed E-state index contributed by atoms with van der Waals surface area (Å²) < 4.78 is 24.8. The molecular weight excluding hydrogens is 302 g/mol. The van der Waals surface area contributed by atoms with Crippen LogP contribution >= 0.6 is 11.6 Å². The highest BCUT2D eigenvalue weighted by Crippen LogP contribution is 2.19. The Bertz CT molecular complexity index is 614. The molecule has 0 aliphatic carbocycles. The van der Waals surface area contributed by atoms with Gasteiger partial charge in [-0.15, -0.1) is 0 Å². The molecule has 112 valence electrons. The molecule has 0 saturated carbocycles. The minimum atomic E-state index is -3.35. The van der Waals surface area contributed by atoms with Gasteiger partial charge in [-0.3, -0.25) is 4.79 Å². The summed E-state index contributed by atoms with van der Waals surface area (Å²) in [5, 5.41) is 2.88. The van der Waals surface area contributed by atoms with Crippen molar-refractivity contribution in [2.24, 2.45) is 0 Å². The van der Waals surface area contributed by atoms with Crippen LogP contribution in [0.1, 0.15) is 24.2 Å². The molecule has 0 atom stereocenters. The largest absolute Gasteiger partial charge is 0.399 e. The zero-order valence-corrected chi connectivity index (χ0v) is 13.1. The highest BCUT2D eigenvalue weighted by atomic mass is 35.5. The monoisotopic (exact) mass is 319 g/mol. The summed E-state index contributed by atoms with van der Waals surface area (Å²) in [6.07, 6.45) is 1.06. The van der Waals surface area contributed by atoms with Crippen molar-refractivity contribution in [3.05, 3.63) is 28.8 Å². The molecule has 0 heterocycles. The summed E-state index contributed by atoms with van der Waals surface area (Å²) >= 11 is 5.93. The number of carbonyl (C=O) groups excluding carboxylic acids is 1. The van der Waals surface area contributed by atoms with Crippen LogP contribution in [-0.2, 0) is 10.0 Å². The Balaban J connectivity index is 2.72. The zero-order valence-electron chi connectivity index (χ0n) is 11.5. The molecule has 1 rings (SSSR count). The number of carbonyl (C=O) groups is 1. The van der Waals surface area contributed by atoms with Crippen molar-refractivity contribution in [2.45, 2.75) is 19.4 Å². The fourth-order valence-corrected chi connectivity index (χ4v) is 3.00. The molecule has 0 aromatic heterocycles. The van der Waals surface area contributed by atoms with Gasteiger partial charge >= 0.3 is 0 Å². The maximum absolute atomic E-state index is 12.0. The lowest BCUT2D eigenvalue weighted by Gasteiger charge is -2.25. The van der Waals surface area contributed by atoms with Crippen LogP contribution in [0.15, 0.2) is 18.2 Å². The number of sulfonamides is 1. The smallest absolute Gasteiger partial charge is 0.252 e. The van der Waals surface area contributed by atoms with Crippen LogP contribution in [0, 0.1) is 0 Å². The highest BCUT2D eigenvalue weighted by Gasteiger charge is 2.23. The van der Waals surface area contributed by atoms with Crippen LogP contribution in [0.5, 0.6) is 0 Å². The van der Waals surface area contributed by atoms with Gasteiger partial charge in [0, 0.05) is 17.8 Å². The highest BCUT2D eigenvalue weighted by molar-refractivity contribution is 7.88. The van der Waals surface area contributed by atoms with Crippen molar-refractivity contribution < 1.29 is 13.2 Å². The number of rotatable bonds is 5. The van der Waals surface area contributed by atoms with E-state index in [2.05, 4.69) is 10.0 Å². The number of nitrogens with two attached hydrogens (primary N) is 1. The number of hydrogen-bond acceptors (Lipinski definition) is 4. The summed E-state index contributed by atoms with van der Waals surface area (Å²) in [5.74, 6) is -0.390. The maximum Gasteiger partial charge on any atom is 0.252 e. The first-order valence-corrected chi connectivity index (χ1v) is 8.09. The number of halogens is 1. The summed E-state index contributed by atoms with van der Waals surface area (Å²) in [4.78, 5) is 12.0. The van der Waals surface area contributed by atoms with E-state index in [1.54, 1.807) is 19.9 Å². The molecule has 1 aromatic rings. The molecular formula is C12H18ClN3O3S. The zero-order chi connectivity index (χ0) is 15.6. The van der Waals surface area contributed by atoms with E-state index in [1.807, 2.05) is 0 Å². The third kappa shape index (κ3) is 5.36. The Morgan fingerprint density at radius 1 is 1.40 bits per heavy atom. The molecule has 0 aliphatic heterocycles. The third-order valence-corrected chi connectivity index (χ3v) is 3.63. The SMILES string of the molecule is CC(C)(CNC(=O)c1ccc(N)cc1Cl)NS(C)(=O)=O. The van der Waals surface area contributed by atoms with Crippen molar-refractivity contribution in [1.29, 1.82) is 0 Å². The van der Waals surface area contributed by atoms with Crippen molar-refractivity contribution in [1.82, 2.24) is 10.0 Å². The van der Waals surface area contributed by atoms with E-state index in [0.717, 1.165) is 6.26 Å². The number of benzene rings is 1. The van der Waals surface area contributed by atoms with E-state index in [4.69, 9.17) is 17.3 Å². The van der Waals surface area contributed by atoms with Gasteiger partial charge in [-0.1, -0.05) is 11.6 Å². The summed E-state index contributed by atoms with van der Waals surface area (Å²) in [7, 11) is -3.35. The van der Waals surface area contributed by atoms with E-state index in [9.17, 15) is 13.2 Å². The standard InChI is InChI=1S/C12H18ClN3O3S/c1-12(2,16-20(3,18)19)7-15-11(17)9-5-4-8(14)6-10(9)13/h4-6,16H,7,14H2,1-3H3,(H,15,17). The first-order chi connectivity index (χ1) is 9.00. The van der Waals surface area contributed by atoms with E-state index in [0.29, 0.717) is 5.69 Å². The van der Waals surface area contributed by atoms with Crippen LogP contribution in [-0.4, -0.2) is 32.7 Å². The Labute approximate surface area is 123 Å². The van der Waals surface area contributed by atoms with Gasteiger partial charge in [0.15, 0.2) is 0 Å². The number of anilines is 1. The molecule has 1 amide bonds. The van der Waals surface area contributed by atoms with Gasteiger partial charge < -0.3 is 11.1 Å². The van der Waals surface area contributed by atoms with Crippen molar-refractivity contribution in [3.63, 3.8) is 0 Å². The van der Waals surface area contributed by atoms with Crippen molar-refractivity contribution >= 4 is 33.2 Å². The molecule has 20 heavy (non-hydrogen) atoms. The fraction of sp³-hybridized carbons (Fsp3) is 0.417. The normalized spacial score (nSPS) is 12.2. The predicted molar refractivity (Wildman–Crippen MR) is 80.3 cm³/mol. The molecule has 1 aromatic carbocycles. The lowest BCUT2D eigenvalue weighted by atomic mass is 10.1. The first kappa shape index (κ1) is 16.7. The molecule has 0 saturated heterocycles. The van der Waals surface area contributed by atoms with Crippen LogP contribution in [0.3, 0.4) is 0 Å². The predicted octanol–water partition coefficient (Wildman–Crippen LogP) is 0.980. The van der Waals surface area contributed by atoms with E-state index < -0.39 is 21.5 Å². The Morgan fingerprint density at radius 2 is 2.00 bits per heavy atom. The van der Waals surface area contributed by atoms with E-state index >= 15 is 0 Å². The quantitative estimate of drug-likeness (QED) is 0.704. The average molecular weight is 320 g/mol. The van der Waals surface area contributed by atoms with Gasteiger partial charge in [-0.05, 0) is 32.0 Å². The topological polar surface area (TPSA) is 101 Å². The number of amides is 1. The number of nitrogen functional groups attached to an aromatic ring is 1. The Kier molecular flexibility index (Phi) is 5.01. The fourth-order valence-electron chi connectivity index (χ4n) is 1.65. The minimum absolute atomic E-state index is 0.125. The molecule has 6 nitrogen and oxygen atoms in total.